The van der Waals surface area contributed by atoms with E-state index >= 15 is 0 Å². The second kappa shape index (κ2) is 10.0. The number of likely N-dealkylation sites (tertiary alicyclic amines) is 1. The van der Waals surface area contributed by atoms with Gasteiger partial charge in [0, 0.05) is 42.9 Å². The number of carboxylic acids is 1. The van der Waals surface area contributed by atoms with Crippen LogP contribution in [-0.4, -0.2) is 55.0 Å². The molecule has 1 N–H and O–H groups in total. The number of rotatable bonds is 8. The summed E-state index contributed by atoms with van der Waals surface area (Å²) < 4.78 is 16.1. The van der Waals surface area contributed by atoms with Gasteiger partial charge >= 0.3 is 5.97 Å². The van der Waals surface area contributed by atoms with E-state index in [0.717, 1.165) is 18.4 Å². The molecule has 1 aliphatic heterocycles. The first kappa shape index (κ1) is 23.4. The molecule has 174 valence electrons. The molecule has 1 aromatic heterocycles. The van der Waals surface area contributed by atoms with Crippen LogP contribution in [0.5, 0.6) is 0 Å². The van der Waals surface area contributed by atoms with E-state index in [-0.39, 0.29) is 28.6 Å². The van der Waals surface area contributed by atoms with Crippen molar-refractivity contribution in [1.82, 2.24) is 14.7 Å². The zero-order chi connectivity index (χ0) is 23.5. The summed E-state index contributed by atoms with van der Waals surface area (Å²) in [4.78, 5) is 38.0. The van der Waals surface area contributed by atoms with E-state index in [2.05, 4.69) is 5.10 Å². The molecule has 1 saturated heterocycles. The molecular formula is C24H26FN3O4S. The molecule has 2 atom stereocenters. The number of carbonyl (C=O) groups is 3. The van der Waals surface area contributed by atoms with Crippen LogP contribution in [0.2, 0.25) is 0 Å². The van der Waals surface area contributed by atoms with E-state index < -0.39 is 17.8 Å². The van der Waals surface area contributed by atoms with Crippen LogP contribution in [0.4, 0.5) is 4.39 Å². The molecule has 2 aromatic rings. The minimum absolute atomic E-state index is 0.00420. The SMILES string of the molecule is CC(=O)SC1CCN(C(C(=O)C2CC2)c2ccccc2F)CC1=Cc1ccn(CC(=O)O)n1. The number of Topliss-reactive ketones (excluding diaryl/α,β-unsaturated/α-hetero) is 1. The van der Waals surface area contributed by atoms with Crippen LogP contribution < -0.4 is 0 Å². The van der Waals surface area contributed by atoms with Crippen LogP contribution in [0, 0.1) is 11.7 Å². The van der Waals surface area contributed by atoms with Crippen LogP contribution in [0.1, 0.15) is 43.5 Å². The highest BCUT2D eigenvalue weighted by Gasteiger charge is 2.41. The average molecular weight is 472 g/mol. The number of aliphatic carboxylic acids is 1. The first-order chi connectivity index (χ1) is 15.8. The minimum atomic E-state index is -0.988. The smallest absolute Gasteiger partial charge is 0.325 e. The van der Waals surface area contributed by atoms with Crippen molar-refractivity contribution >= 4 is 34.7 Å². The first-order valence-electron chi connectivity index (χ1n) is 11.0. The van der Waals surface area contributed by atoms with Gasteiger partial charge in [-0.2, -0.15) is 5.10 Å². The van der Waals surface area contributed by atoms with Crippen molar-refractivity contribution in [3.63, 3.8) is 0 Å². The van der Waals surface area contributed by atoms with Gasteiger partial charge < -0.3 is 5.11 Å². The molecule has 2 heterocycles. The number of aromatic nitrogens is 2. The molecule has 1 saturated carbocycles. The number of halogens is 1. The maximum atomic E-state index is 14.7. The summed E-state index contributed by atoms with van der Waals surface area (Å²) >= 11 is 1.24. The third kappa shape index (κ3) is 5.78. The van der Waals surface area contributed by atoms with Gasteiger partial charge in [0.15, 0.2) is 10.9 Å². The van der Waals surface area contributed by atoms with E-state index in [1.54, 1.807) is 30.5 Å². The maximum Gasteiger partial charge on any atom is 0.325 e. The van der Waals surface area contributed by atoms with Crippen LogP contribution in [0.3, 0.4) is 0 Å². The zero-order valence-electron chi connectivity index (χ0n) is 18.3. The standard InChI is InChI=1S/C24H26FN3O4S/c1-15(29)33-21-9-10-27(13-17(21)12-18-8-11-28(26-18)14-22(30)31)23(24(32)16-6-7-16)19-4-2-3-5-20(19)25/h2-5,8,11-12,16,21,23H,6-7,9-10,13-14H2,1H3,(H,30,31). The summed E-state index contributed by atoms with van der Waals surface area (Å²) in [5.41, 5.74) is 1.88. The van der Waals surface area contributed by atoms with Gasteiger partial charge in [-0.3, -0.25) is 24.0 Å². The number of thioether (sulfide) groups is 1. The number of carboxylic acid groups (broad SMARTS) is 1. The van der Waals surface area contributed by atoms with E-state index in [4.69, 9.17) is 5.11 Å². The monoisotopic (exact) mass is 471 g/mol. The van der Waals surface area contributed by atoms with Gasteiger partial charge in [-0.05, 0) is 43.0 Å². The number of nitrogens with zero attached hydrogens (tertiary/aromatic N) is 3. The van der Waals surface area contributed by atoms with Crippen molar-refractivity contribution in [2.45, 2.75) is 44.0 Å². The summed E-state index contributed by atoms with van der Waals surface area (Å²) in [7, 11) is 0. The molecule has 0 spiro atoms. The van der Waals surface area contributed by atoms with E-state index in [1.807, 2.05) is 11.0 Å². The lowest BCUT2D eigenvalue weighted by molar-refractivity contribution is -0.138. The first-order valence-corrected chi connectivity index (χ1v) is 11.8. The van der Waals surface area contributed by atoms with Crippen LogP contribution in [0.25, 0.3) is 6.08 Å². The summed E-state index contributed by atoms with van der Waals surface area (Å²) in [5, 5.41) is 13.2. The number of hydrogen-bond acceptors (Lipinski definition) is 6. The molecule has 0 radical (unpaired) electrons. The third-order valence-electron chi connectivity index (χ3n) is 5.89. The summed E-state index contributed by atoms with van der Waals surface area (Å²) in [6.45, 7) is 2.24. The van der Waals surface area contributed by atoms with E-state index in [1.165, 1.54) is 29.4 Å². The predicted molar refractivity (Wildman–Crippen MR) is 123 cm³/mol. The lowest BCUT2D eigenvalue weighted by atomic mass is 9.93. The molecule has 33 heavy (non-hydrogen) atoms. The van der Waals surface area contributed by atoms with Crippen molar-refractivity contribution in [2.75, 3.05) is 13.1 Å². The topological polar surface area (TPSA) is 92.5 Å². The normalized spacial score (nSPS) is 21.2. The van der Waals surface area contributed by atoms with Gasteiger partial charge in [-0.1, -0.05) is 30.0 Å². The fourth-order valence-corrected chi connectivity index (χ4v) is 5.18. The minimum Gasteiger partial charge on any atom is -0.480 e. The molecule has 0 amide bonds. The third-order valence-corrected chi connectivity index (χ3v) is 7.05. The highest BCUT2D eigenvalue weighted by atomic mass is 32.2. The van der Waals surface area contributed by atoms with Gasteiger partial charge in [0.05, 0.1) is 11.7 Å². The van der Waals surface area contributed by atoms with Gasteiger partial charge in [0.2, 0.25) is 0 Å². The Morgan fingerprint density at radius 1 is 1.24 bits per heavy atom. The highest BCUT2D eigenvalue weighted by Crippen LogP contribution is 2.40. The van der Waals surface area contributed by atoms with Gasteiger partial charge in [-0.15, -0.1) is 0 Å². The fourth-order valence-electron chi connectivity index (χ4n) is 4.27. The molecule has 1 aromatic carbocycles. The van der Waals surface area contributed by atoms with Gasteiger partial charge in [0.1, 0.15) is 12.4 Å². The molecule has 9 heteroatoms. The Hall–Kier alpha value is -2.78. The Morgan fingerprint density at radius 2 is 2.00 bits per heavy atom. The lowest BCUT2D eigenvalue weighted by Gasteiger charge is -2.38. The number of hydrogen-bond donors (Lipinski definition) is 1. The molecule has 7 nitrogen and oxygen atoms in total. The predicted octanol–water partition coefficient (Wildman–Crippen LogP) is 3.56. The summed E-state index contributed by atoms with van der Waals surface area (Å²) in [5.74, 6) is -1.37. The molecule has 2 fully saturated rings. The van der Waals surface area contributed by atoms with Crippen LogP contribution >= 0.6 is 11.8 Å². The Balaban J connectivity index is 1.64. The number of carbonyl (C=O) groups excluding carboxylic acids is 2. The maximum absolute atomic E-state index is 14.7. The van der Waals surface area contributed by atoms with E-state index in [9.17, 15) is 18.8 Å². The number of benzene rings is 1. The largest absolute Gasteiger partial charge is 0.480 e. The molecule has 2 unspecified atom stereocenters. The zero-order valence-corrected chi connectivity index (χ0v) is 19.1. The summed E-state index contributed by atoms with van der Waals surface area (Å²) in [6.07, 6.45) is 5.75. The number of piperidine rings is 1. The second-order valence-electron chi connectivity index (χ2n) is 8.51. The molecular weight excluding hydrogens is 445 g/mol. The molecule has 0 bridgehead atoms. The van der Waals surface area contributed by atoms with Crippen molar-refractivity contribution in [1.29, 1.82) is 0 Å². The molecule has 2 aliphatic rings. The second-order valence-corrected chi connectivity index (χ2v) is 9.89. The molecule has 1 aliphatic carbocycles. The van der Waals surface area contributed by atoms with Crippen molar-refractivity contribution in [3.8, 4) is 0 Å². The Morgan fingerprint density at radius 3 is 2.67 bits per heavy atom. The van der Waals surface area contributed by atoms with E-state index in [0.29, 0.717) is 30.8 Å². The average Bonchev–Trinajstić information content (AvgIpc) is 3.52. The van der Waals surface area contributed by atoms with Crippen LogP contribution in [0.15, 0.2) is 42.1 Å². The van der Waals surface area contributed by atoms with Gasteiger partial charge in [0.25, 0.3) is 0 Å². The Kier molecular flexibility index (Phi) is 7.09. The van der Waals surface area contributed by atoms with Gasteiger partial charge in [-0.25, -0.2) is 4.39 Å². The molecule has 4 rings (SSSR count). The lowest BCUT2D eigenvalue weighted by Crippen LogP contribution is -2.43. The van der Waals surface area contributed by atoms with Crippen molar-refractivity contribution in [3.05, 3.63) is 59.2 Å². The Bertz CT molecular complexity index is 1090. The summed E-state index contributed by atoms with van der Waals surface area (Å²) in [6, 6.07) is 7.46. The van der Waals surface area contributed by atoms with Crippen molar-refractivity contribution < 1.29 is 23.9 Å². The van der Waals surface area contributed by atoms with Crippen LogP contribution in [-0.2, 0) is 20.9 Å². The Labute approximate surface area is 195 Å². The quantitative estimate of drug-likeness (QED) is 0.629. The van der Waals surface area contributed by atoms with Crippen molar-refractivity contribution in [2.24, 2.45) is 5.92 Å². The number of ketones is 1. The fraction of sp³-hybridized carbons (Fsp3) is 0.417. The highest BCUT2D eigenvalue weighted by molar-refractivity contribution is 8.14.